The molecule has 1 aromatic heterocycles. The third-order valence-corrected chi connectivity index (χ3v) is 6.06. The molecule has 0 atom stereocenters. The van der Waals surface area contributed by atoms with Gasteiger partial charge in [-0.15, -0.1) is 0 Å². The minimum absolute atomic E-state index is 0.0484. The number of esters is 1. The van der Waals surface area contributed by atoms with E-state index in [9.17, 15) is 9.59 Å². The Balaban J connectivity index is 1.56. The highest BCUT2D eigenvalue weighted by atomic mass is 16.5. The van der Waals surface area contributed by atoms with Gasteiger partial charge in [0.2, 0.25) is 5.91 Å². The van der Waals surface area contributed by atoms with Crippen LogP contribution in [-0.4, -0.2) is 34.1 Å². The predicted octanol–water partition coefficient (Wildman–Crippen LogP) is 4.00. The molecule has 1 amide bonds. The quantitative estimate of drug-likeness (QED) is 0.448. The summed E-state index contributed by atoms with van der Waals surface area (Å²) < 4.78 is 12.8. The molecule has 1 fully saturated rings. The lowest BCUT2D eigenvalue weighted by molar-refractivity contribution is -0.151. The molecular weight excluding hydrogens is 406 g/mol. The molecule has 1 N–H and O–H groups in total. The predicted molar refractivity (Wildman–Crippen MR) is 121 cm³/mol. The standard InChI is InChI=1S/C25H29N3O4/c1-31-24(30)25(15-9-2-3-10-16-25)27-23(29)17-28-21-14-8-7-13-20(21)26-22(28)18-32-19-11-5-4-6-12-19/h4-8,11-14H,2-3,9-10,15-18H2,1H3,(H,27,29). The Morgan fingerprint density at radius 2 is 1.69 bits per heavy atom. The van der Waals surface area contributed by atoms with Gasteiger partial charge in [-0.3, -0.25) is 4.79 Å². The first-order valence-corrected chi connectivity index (χ1v) is 11.1. The summed E-state index contributed by atoms with van der Waals surface area (Å²) in [4.78, 5) is 30.5. The molecule has 1 saturated carbocycles. The van der Waals surface area contributed by atoms with Crippen LogP contribution in [0.15, 0.2) is 54.6 Å². The van der Waals surface area contributed by atoms with E-state index in [1.54, 1.807) is 0 Å². The van der Waals surface area contributed by atoms with Crippen molar-refractivity contribution in [1.29, 1.82) is 0 Å². The lowest BCUT2D eigenvalue weighted by Gasteiger charge is -2.31. The molecule has 4 rings (SSSR count). The van der Waals surface area contributed by atoms with Crippen LogP contribution < -0.4 is 10.1 Å². The van der Waals surface area contributed by atoms with Crippen LogP contribution in [-0.2, 0) is 27.5 Å². The maximum Gasteiger partial charge on any atom is 0.331 e. The highest BCUT2D eigenvalue weighted by molar-refractivity contribution is 5.89. The lowest BCUT2D eigenvalue weighted by Crippen LogP contribution is -2.55. The number of nitrogens with zero attached hydrogens (tertiary/aromatic N) is 2. The Morgan fingerprint density at radius 1 is 1.00 bits per heavy atom. The number of rotatable bonds is 7. The van der Waals surface area contributed by atoms with E-state index >= 15 is 0 Å². The third kappa shape index (κ3) is 4.77. The van der Waals surface area contributed by atoms with Gasteiger partial charge >= 0.3 is 5.97 Å². The highest BCUT2D eigenvalue weighted by Gasteiger charge is 2.41. The van der Waals surface area contributed by atoms with Gasteiger partial charge in [0, 0.05) is 0 Å². The van der Waals surface area contributed by atoms with Crippen molar-refractivity contribution in [3.05, 3.63) is 60.4 Å². The second-order valence-electron chi connectivity index (χ2n) is 8.24. The second-order valence-corrected chi connectivity index (χ2v) is 8.24. The molecule has 0 saturated heterocycles. The fourth-order valence-corrected chi connectivity index (χ4v) is 4.43. The minimum Gasteiger partial charge on any atom is -0.486 e. The van der Waals surface area contributed by atoms with E-state index < -0.39 is 5.54 Å². The summed E-state index contributed by atoms with van der Waals surface area (Å²) in [6.07, 6.45) is 5.09. The third-order valence-electron chi connectivity index (χ3n) is 6.06. The zero-order chi connectivity index (χ0) is 22.4. The summed E-state index contributed by atoms with van der Waals surface area (Å²) in [6, 6.07) is 17.2. The number of hydrogen-bond acceptors (Lipinski definition) is 5. The summed E-state index contributed by atoms with van der Waals surface area (Å²) >= 11 is 0. The van der Waals surface area contributed by atoms with E-state index in [0.29, 0.717) is 18.7 Å². The van der Waals surface area contributed by atoms with Crippen molar-refractivity contribution in [3.8, 4) is 5.75 Å². The molecule has 3 aromatic rings. The van der Waals surface area contributed by atoms with Crippen molar-refractivity contribution in [2.75, 3.05) is 7.11 Å². The van der Waals surface area contributed by atoms with E-state index in [1.807, 2.05) is 59.2 Å². The number of imidazole rings is 1. The molecular formula is C25H29N3O4. The van der Waals surface area contributed by atoms with Crippen LogP contribution in [0.2, 0.25) is 0 Å². The van der Waals surface area contributed by atoms with E-state index in [1.165, 1.54) is 7.11 Å². The van der Waals surface area contributed by atoms with Gasteiger partial charge in [-0.1, -0.05) is 56.0 Å². The molecule has 32 heavy (non-hydrogen) atoms. The van der Waals surface area contributed by atoms with Crippen LogP contribution in [0.3, 0.4) is 0 Å². The lowest BCUT2D eigenvalue weighted by atomic mass is 9.90. The van der Waals surface area contributed by atoms with Crippen LogP contribution in [0.4, 0.5) is 0 Å². The Morgan fingerprint density at radius 3 is 2.41 bits per heavy atom. The molecule has 7 heteroatoms. The molecule has 0 unspecified atom stereocenters. The first kappa shape index (κ1) is 21.9. The van der Waals surface area contributed by atoms with Crippen molar-refractivity contribution < 1.29 is 19.1 Å². The number of amides is 1. The molecule has 0 aliphatic heterocycles. The number of para-hydroxylation sites is 3. The molecule has 0 bridgehead atoms. The van der Waals surface area contributed by atoms with Gasteiger partial charge in [-0.05, 0) is 37.1 Å². The number of carbonyl (C=O) groups excluding carboxylic acids is 2. The Hall–Kier alpha value is -3.35. The summed E-state index contributed by atoms with van der Waals surface area (Å²) in [6.45, 7) is 0.279. The van der Waals surface area contributed by atoms with E-state index in [-0.39, 0.29) is 25.0 Å². The number of hydrogen-bond donors (Lipinski definition) is 1. The number of methoxy groups -OCH3 is 1. The largest absolute Gasteiger partial charge is 0.486 e. The number of aromatic nitrogens is 2. The number of ether oxygens (including phenoxy) is 2. The second kappa shape index (κ2) is 9.85. The summed E-state index contributed by atoms with van der Waals surface area (Å²) in [5, 5.41) is 3.02. The SMILES string of the molecule is COC(=O)C1(NC(=O)Cn2c(COc3ccccc3)nc3ccccc32)CCCCCC1. The average molecular weight is 436 g/mol. The smallest absolute Gasteiger partial charge is 0.331 e. The normalized spacial score (nSPS) is 15.7. The molecule has 0 radical (unpaired) electrons. The monoisotopic (exact) mass is 435 g/mol. The first-order chi connectivity index (χ1) is 15.6. The van der Waals surface area contributed by atoms with Gasteiger partial charge in [0.25, 0.3) is 0 Å². The average Bonchev–Trinajstić information content (AvgIpc) is 2.99. The van der Waals surface area contributed by atoms with Crippen LogP contribution in [0.1, 0.15) is 44.3 Å². The van der Waals surface area contributed by atoms with Gasteiger partial charge < -0.3 is 19.4 Å². The van der Waals surface area contributed by atoms with Crippen molar-refractivity contribution in [2.24, 2.45) is 0 Å². The van der Waals surface area contributed by atoms with Crippen molar-refractivity contribution in [3.63, 3.8) is 0 Å². The molecule has 7 nitrogen and oxygen atoms in total. The Labute approximate surface area is 187 Å². The maximum absolute atomic E-state index is 13.2. The first-order valence-electron chi connectivity index (χ1n) is 11.1. The van der Waals surface area contributed by atoms with E-state index in [0.717, 1.165) is 42.5 Å². The van der Waals surface area contributed by atoms with Gasteiger partial charge in [0.05, 0.1) is 18.1 Å². The Bertz CT molecular complexity index is 1070. The van der Waals surface area contributed by atoms with Gasteiger partial charge in [0.1, 0.15) is 30.3 Å². The fourth-order valence-electron chi connectivity index (χ4n) is 4.43. The van der Waals surface area contributed by atoms with Gasteiger partial charge in [-0.25, -0.2) is 9.78 Å². The molecule has 1 heterocycles. The number of fused-ring (bicyclic) bond motifs is 1. The number of benzene rings is 2. The van der Waals surface area contributed by atoms with Crippen molar-refractivity contribution in [1.82, 2.24) is 14.9 Å². The Kier molecular flexibility index (Phi) is 6.73. The molecule has 2 aromatic carbocycles. The van der Waals surface area contributed by atoms with Gasteiger partial charge in [0.15, 0.2) is 0 Å². The van der Waals surface area contributed by atoms with E-state index in [2.05, 4.69) is 10.3 Å². The topological polar surface area (TPSA) is 82.5 Å². The summed E-state index contributed by atoms with van der Waals surface area (Å²) in [5.41, 5.74) is 0.686. The van der Waals surface area contributed by atoms with E-state index in [4.69, 9.17) is 9.47 Å². The van der Waals surface area contributed by atoms with Crippen LogP contribution in [0.5, 0.6) is 5.75 Å². The highest BCUT2D eigenvalue weighted by Crippen LogP contribution is 2.28. The van der Waals surface area contributed by atoms with Crippen molar-refractivity contribution >= 4 is 22.9 Å². The van der Waals surface area contributed by atoms with Gasteiger partial charge in [-0.2, -0.15) is 0 Å². The summed E-state index contributed by atoms with van der Waals surface area (Å²) in [5.74, 6) is 0.786. The number of nitrogens with one attached hydrogen (secondary N) is 1. The molecule has 168 valence electrons. The van der Waals surface area contributed by atoms with Crippen LogP contribution in [0.25, 0.3) is 11.0 Å². The number of carbonyl (C=O) groups is 2. The van der Waals surface area contributed by atoms with Crippen molar-refractivity contribution in [2.45, 2.75) is 57.2 Å². The maximum atomic E-state index is 13.2. The minimum atomic E-state index is -0.959. The molecule has 1 aliphatic carbocycles. The zero-order valence-corrected chi connectivity index (χ0v) is 18.4. The molecule has 0 spiro atoms. The fraction of sp³-hybridized carbons (Fsp3) is 0.400. The van der Waals surface area contributed by atoms with Crippen LogP contribution >= 0.6 is 0 Å². The summed E-state index contributed by atoms with van der Waals surface area (Å²) in [7, 11) is 1.38. The zero-order valence-electron chi connectivity index (χ0n) is 18.4. The molecule has 1 aliphatic rings. The van der Waals surface area contributed by atoms with Crippen LogP contribution in [0, 0.1) is 0 Å².